The number of carbonyl (C=O) groups is 1. The summed E-state index contributed by atoms with van der Waals surface area (Å²) in [7, 11) is -0.177. The third-order valence-electron chi connectivity index (χ3n) is 3.50. The minimum absolute atomic E-state index is 0.0490. The molecule has 0 bridgehead atoms. The van der Waals surface area contributed by atoms with Crippen LogP contribution in [0.5, 0.6) is 0 Å². The third kappa shape index (κ3) is 3.90. The summed E-state index contributed by atoms with van der Waals surface area (Å²) in [5, 5.41) is 0.345. The lowest BCUT2D eigenvalue weighted by Crippen LogP contribution is -2.30. The Balaban J connectivity index is 2.27. The van der Waals surface area contributed by atoms with Gasteiger partial charge in [0.05, 0.1) is 10.6 Å². The molecule has 0 aliphatic rings. The zero-order valence-electron chi connectivity index (χ0n) is 14.1. The van der Waals surface area contributed by atoms with Gasteiger partial charge < -0.3 is 9.32 Å². The van der Waals surface area contributed by atoms with E-state index in [-0.39, 0.29) is 16.6 Å². The Bertz CT molecular complexity index is 826. The fourth-order valence-corrected chi connectivity index (χ4v) is 4.37. The number of carbonyl (C=O) groups excluding carboxylic acids is 1. The third-order valence-corrected chi connectivity index (χ3v) is 6.36. The number of benzene rings is 1. The van der Waals surface area contributed by atoms with Crippen LogP contribution < -0.4 is 0 Å². The van der Waals surface area contributed by atoms with E-state index >= 15 is 0 Å². The van der Waals surface area contributed by atoms with E-state index in [1.165, 1.54) is 33.1 Å². The van der Waals surface area contributed by atoms with Crippen LogP contribution in [0.1, 0.15) is 13.8 Å². The van der Waals surface area contributed by atoms with Gasteiger partial charge in [-0.15, -0.1) is 0 Å². The van der Waals surface area contributed by atoms with E-state index in [2.05, 4.69) is 4.98 Å². The second-order valence-corrected chi connectivity index (χ2v) is 8.14. The van der Waals surface area contributed by atoms with Gasteiger partial charge in [-0.25, -0.2) is 13.4 Å². The summed E-state index contributed by atoms with van der Waals surface area (Å²) < 4.78 is 32.0. The molecule has 0 saturated heterocycles. The molecule has 2 rings (SSSR count). The number of fused-ring (bicyclic) bond motifs is 1. The van der Waals surface area contributed by atoms with Gasteiger partial charge in [0, 0.05) is 27.2 Å². The largest absolute Gasteiger partial charge is 0.431 e. The molecular formula is C15H21N3O4S2. The van der Waals surface area contributed by atoms with Crippen LogP contribution in [0.2, 0.25) is 0 Å². The van der Waals surface area contributed by atoms with Crippen molar-refractivity contribution in [2.45, 2.75) is 24.0 Å². The maximum atomic E-state index is 12.5. The van der Waals surface area contributed by atoms with E-state index in [0.29, 0.717) is 29.4 Å². The van der Waals surface area contributed by atoms with Crippen molar-refractivity contribution in [3.05, 3.63) is 18.2 Å². The van der Waals surface area contributed by atoms with Crippen molar-refractivity contribution in [1.82, 2.24) is 14.2 Å². The van der Waals surface area contributed by atoms with Gasteiger partial charge in [0.15, 0.2) is 5.58 Å². The molecule has 132 valence electrons. The first kappa shape index (κ1) is 18.8. The number of hydrogen-bond donors (Lipinski definition) is 0. The first-order valence-electron chi connectivity index (χ1n) is 7.53. The Hall–Kier alpha value is -1.58. The zero-order valence-corrected chi connectivity index (χ0v) is 15.8. The SMILES string of the molecule is CCN(CC)S(=O)(=O)c1ccc2oc(SCC(=O)N(C)C)nc2c1. The Morgan fingerprint density at radius 2 is 1.92 bits per heavy atom. The molecule has 9 heteroatoms. The van der Waals surface area contributed by atoms with E-state index in [4.69, 9.17) is 4.42 Å². The number of aromatic nitrogens is 1. The molecule has 0 radical (unpaired) electrons. The number of sulfonamides is 1. The highest BCUT2D eigenvalue weighted by Crippen LogP contribution is 2.26. The Labute approximate surface area is 146 Å². The Kier molecular flexibility index (Phi) is 5.89. The van der Waals surface area contributed by atoms with E-state index in [1.54, 1.807) is 34.0 Å². The van der Waals surface area contributed by atoms with E-state index in [1.807, 2.05) is 0 Å². The maximum Gasteiger partial charge on any atom is 0.257 e. The van der Waals surface area contributed by atoms with E-state index in [0.717, 1.165) is 0 Å². The summed E-state index contributed by atoms with van der Waals surface area (Å²) in [6.45, 7) is 4.41. The van der Waals surface area contributed by atoms with Crippen molar-refractivity contribution in [3.8, 4) is 0 Å². The minimum Gasteiger partial charge on any atom is -0.431 e. The summed E-state index contributed by atoms with van der Waals surface area (Å²) in [6, 6.07) is 4.61. The average Bonchev–Trinajstić information content (AvgIpc) is 2.95. The fraction of sp³-hybridized carbons (Fsp3) is 0.467. The maximum absolute atomic E-state index is 12.5. The normalized spacial score (nSPS) is 12.0. The highest BCUT2D eigenvalue weighted by molar-refractivity contribution is 7.99. The van der Waals surface area contributed by atoms with Crippen molar-refractivity contribution in [2.24, 2.45) is 0 Å². The van der Waals surface area contributed by atoms with Crippen LogP contribution in [0.15, 0.2) is 32.7 Å². The molecule has 1 aromatic heterocycles. The molecule has 1 aromatic carbocycles. The summed E-state index contributed by atoms with van der Waals surface area (Å²) in [5.41, 5.74) is 0.955. The first-order valence-corrected chi connectivity index (χ1v) is 9.95. The van der Waals surface area contributed by atoms with Gasteiger partial charge in [-0.3, -0.25) is 4.79 Å². The number of hydrogen-bond acceptors (Lipinski definition) is 6. The molecule has 1 heterocycles. The summed E-state index contributed by atoms with van der Waals surface area (Å²) in [6.07, 6.45) is 0. The number of oxazole rings is 1. The van der Waals surface area contributed by atoms with Crippen LogP contribution in [0, 0.1) is 0 Å². The molecule has 0 spiro atoms. The van der Waals surface area contributed by atoms with Crippen LogP contribution in [-0.4, -0.2) is 61.5 Å². The van der Waals surface area contributed by atoms with Crippen molar-refractivity contribution >= 4 is 38.8 Å². The van der Waals surface area contributed by atoms with Gasteiger partial charge in [0.2, 0.25) is 15.9 Å². The monoisotopic (exact) mass is 371 g/mol. The average molecular weight is 371 g/mol. The second kappa shape index (κ2) is 7.54. The molecule has 0 aliphatic carbocycles. The molecular weight excluding hydrogens is 350 g/mol. The molecule has 0 atom stereocenters. The highest BCUT2D eigenvalue weighted by atomic mass is 32.2. The van der Waals surface area contributed by atoms with Crippen molar-refractivity contribution < 1.29 is 17.6 Å². The number of rotatable bonds is 7. The molecule has 0 N–H and O–H groups in total. The first-order chi connectivity index (χ1) is 11.3. The summed E-state index contributed by atoms with van der Waals surface area (Å²) in [5.74, 6) is 0.164. The lowest BCUT2D eigenvalue weighted by molar-refractivity contribution is -0.125. The molecule has 0 fully saturated rings. The van der Waals surface area contributed by atoms with Gasteiger partial charge in [-0.2, -0.15) is 4.31 Å². The predicted octanol–water partition coefficient (Wildman–Crippen LogP) is 2.04. The van der Waals surface area contributed by atoms with Crippen LogP contribution in [-0.2, 0) is 14.8 Å². The molecule has 0 unspecified atom stereocenters. The molecule has 0 aliphatic heterocycles. The second-order valence-electron chi connectivity index (χ2n) is 5.28. The van der Waals surface area contributed by atoms with Gasteiger partial charge in [0.25, 0.3) is 5.22 Å². The highest BCUT2D eigenvalue weighted by Gasteiger charge is 2.22. The number of thioether (sulfide) groups is 1. The number of amides is 1. The van der Waals surface area contributed by atoms with Crippen molar-refractivity contribution in [1.29, 1.82) is 0 Å². The molecule has 7 nitrogen and oxygen atoms in total. The summed E-state index contributed by atoms with van der Waals surface area (Å²) >= 11 is 1.18. The van der Waals surface area contributed by atoms with Crippen LogP contribution >= 0.6 is 11.8 Å². The van der Waals surface area contributed by atoms with Gasteiger partial charge >= 0.3 is 0 Å². The molecule has 1 amide bonds. The van der Waals surface area contributed by atoms with Gasteiger partial charge in [-0.1, -0.05) is 25.6 Å². The lowest BCUT2D eigenvalue weighted by Gasteiger charge is -2.18. The minimum atomic E-state index is -3.54. The zero-order chi connectivity index (χ0) is 17.9. The smallest absolute Gasteiger partial charge is 0.257 e. The fourth-order valence-electron chi connectivity index (χ4n) is 2.07. The predicted molar refractivity (Wildman–Crippen MR) is 93.5 cm³/mol. The Morgan fingerprint density at radius 1 is 1.25 bits per heavy atom. The van der Waals surface area contributed by atoms with Gasteiger partial charge in [0.1, 0.15) is 5.52 Å². The van der Waals surface area contributed by atoms with Crippen LogP contribution in [0.4, 0.5) is 0 Å². The topological polar surface area (TPSA) is 83.7 Å². The molecule has 2 aromatic rings. The van der Waals surface area contributed by atoms with Gasteiger partial charge in [-0.05, 0) is 18.2 Å². The lowest BCUT2D eigenvalue weighted by atomic mass is 10.3. The van der Waals surface area contributed by atoms with Crippen LogP contribution in [0.25, 0.3) is 11.1 Å². The number of nitrogens with zero attached hydrogens (tertiary/aromatic N) is 3. The quantitative estimate of drug-likeness (QED) is 0.693. The van der Waals surface area contributed by atoms with E-state index in [9.17, 15) is 13.2 Å². The standard InChI is InChI=1S/C15H21N3O4S2/c1-5-18(6-2)24(20,21)11-7-8-13-12(9-11)16-15(22-13)23-10-14(19)17(3)4/h7-9H,5-6,10H2,1-4H3. The molecule has 24 heavy (non-hydrogen) atoms. The summed E-state index contributed by atoms with van der Waals surface area (Å²) in [4.78, 5) is 17.6. The van der Waals surface area contributed by atoms with Crippen molar-refractivity contribution in [3.63, 3.8) is 0 Å². The molecule has 0 saturated carbocycles. The van der Waals surface area contributed by atoms with E-state index < -0.39 is 10.0 Å². The van der Waals surface area contributed by atoms with Crippen LogP contribution in [0.3, 0.4) is 0 Å². The van der Waals surface area contributed by atoms with Crippen molar-refractivity contribution in [2.75, 3.05) is 32.9 Å². The Morgan fingerprint density at radius 3 is 2.50 bits per heavy atom.